The Morgan fingerprint density at radius 2 is 2.25 bits per heavy atom. The van der Waals surface area contributed by atoms with Gasteiger partial charge in [0.1, 0.15) is 6.04 Å². The van der Waals surface area contributed by atoms with Crippen LogP contribution in [0.2, 0.25) is 5.02 Å². The van der Waals surface area contributed by atoms with Gasteiger partial charge >= 0.3 is 6.03 Å². The predicted molar refractivity (Wildman–Crippen MR) is 81.8 cm³/mol. The number of terminal acetylenes is 1. The molecule has 0 saturated heterocycles. The van der Waals surface area contributed by atoms with Crippen LogP contribution in [0.1, 0.15) is 6.42 Å². The zero-order valence-electron chi connectivity index (χ0n) is 10.8. The minimum absolute atomic E-state index is 0.0366. The Morgan fingerprint density at radius 1 is 1.55 bits per heavy atom. The number of amides is 3. The lowest BCUT2D eigenvalue weighted by atomic mass is 10.2. The van der Waals surface area contributed by atoms with Crippen molar-refractivity contribution in [1.82, 2.24) is 5.32 Å². The van der Waals surface area contributed by atoms with Crippen LogP contribution in [0, 0.1) is 12.3 Å². The second-order valence-electron chi connectivity index (χ2n) is 3.81. The highest BCUT2D eigenvalue weighted by Gasteiger charge is 2.16. The molecule has 4 N–H and O–H groups in total. The summed E-state index contributed by atoms with van der Waals surface area (Å²) < 4.78 is 0. The molecule has 1 rings (SSSR count). The van der Waals surface area contributed by atoms with Gasteiger partial charge in [0.25, 0.3) is 0 Å². The molecule has 0 unspecified atom stereocenters. The fourth-order valence-corrected chi connectivity index (χ4v) is 2.28. The molecule has 0 fully saturated rings. The van der Waals surface area contributed by atoms with Crippen molar-refractivity contribution in [3.05, 3.63) is 23.2 Å². The van der Waals surface area contributed by atoms with Gasteiger partial charge in [0, 0.05) is 17.0 Å². The van der Waals surface area contributed by atoms with Crippen LogP contribution in [0.15, 0.2) is 23.1 Å². The van der Waals surface area contributed by atoms with E-state index in [1.54, 1.807) is 18.2 Å². The van der Waals surface area contributed by atoms with E-state index in [-0.39, 0.29) is 6.42 Å². The topological polar surface area (TPSA) is 84.2 Å². The van der Waals surface area contributed by atoms with Crippen molar-refractivity contribution < 1.29 is 9.59 Å². The fourth-order valence-electron chi connectivity index (χ4n) is 1.41. The summed E-state index contributed by atoms with van der Waals surface area (Å²) in [5, 5.41) is 5.49. The van der Waals surface area contributed by atoms with Gasteiger partial charge in [0.15, 0.2) is 0 Å². The van der Waals surface area contributed by atoms with Gasteiger partial charge in [-0.25, -0.2) is 4.79 Å². The van der Waals surface area contributed by atoms with Gasteiger partial charge in [-0.05, 0) is 24.5 Å². The molecule has 0 bridgehead atoms. The molecule has 3 amide bonds. The Bertz CT molecular complexity index is 557. The zero-order valence-corrected chi connectivity index (χ0v) is 12.3. The summed E-state index contributed by atoms with van der Waals surface area (Å²) in [6.07, 6.45) is 7.04. The highest BCUT2D eigenvalue weighted by molar-refractivity contribution is 7.98. The van der Waals surface area contributed by atoms with Crippen molar-refractivity contribution in [2.75, 3.05) is 11.6 Å². The third-order valence-corrected chi connectivity index (χ3v) is 3.60. The number of hydrogen-bond acceptors (Lipinski definition) is 3. The molecule has 0 heterocycles. The van der Waals surface area contributed by atoms with Crippen LogP contribution in [-0.4, -0.2) is 24.2 Å². The standard InChI is InChI=1S/C13H14ClN3O2S/c1-3-4-10(12(15)18)17-13(19)16-8-5-6-11(20-2)9(14)7-8/h1,5-7,10H,4H2,2H3,(H2,15,18)(H2,16,17,19)/t10-/m0/s1. The molecule has 0 radical (unpaired) electrons. The quantitative estimate of drug-likeness (QED) is 0.575. The summed E-state index contributed by atoms with van der Waals surface area (Å²) >= 11 is 7.53. The summed E-state index contributed by atoms with van der Waals surface area (Å²) in [5.74, 6) is 1.59. The van der Waals surface area contributed by atoms with E-state index in [1.807, 2.05) is 6.26 Å². The molecule has 7 heteroatoms. The Balaban J connectivity index is 2.69. The molecule has 0 spiro atoms. The van der Waals surface area contributed by atoms with Crippen LogP contribution in [0.3, 0.4) is 0 Å². The number of thioether (sulfide) groups is 1. The van der Waals surface area contributed by atoms with Crippen LogP contribution in [0.4, 0.5) is 10.5 Å². The number of carbonyl (C=O) groups excluding carboxylic acids is 2. The molecule has 0 aromatic heterocycles. The SMILES string of the molecule is C#CC[C@H](NC(=O)Nc1ccc(SC)c(Cl)c1)C(N)=O. The number of rotatable bonds is 5. The first-order valence-corrected chi connectivity index (χ1v) is 7.22. The molecule has 1 aromatic carbocycles. The molecule has 0 saturated carbocycles. The average molecular weight is 312 g/mol. The van der Waals surface area contributed by atoms with E-state index in [9.17, 15) is 9.59 Å². The number of nitrogens with one attached hydrogen (secondary N) is 2. The first-order chi connectivity index (χ1) is 9.47. The maximum Gasteiger partial charge on any atom is 0.319 e. The molecule has 106 valence electrons. The van der Waals surface area contributed by atoms with Gasteiger partial charge in [0.2, 0.25) is 5.91 Å². The van der Waals surface area contributed by atoms with Crippen LogP contribution in [0.25, 0.3) is 0 Å². The smallest absolute Gasteiger partial charge is 0.319 e. The van der Waals surface area contributed by atoms with Crippen molar-refractivity contribution in [3.63, 3.8) is 0 Å². The van der Waals surface area contributed by atoms with Gasteiger partial charge in [-0.15, -0.1) is 24.1 Å². The summed E-state index contributed by atoms with van der Waals surface area (Å²) in [4.78, 5) is 23.7. The lowest BCUT2D eigenvalue weighted by Gasteiger charge is -2.14. The van der Waals surface area contributed by atoms with E-state index in [2.05, 4.69) is 16.6 Å². The van der Waals surface area contributed by atoms with Crippen LogP contribution >= 0.6 is 23.4 Å². The van der Waals surface area contributed by atoms with Crippen LogP contribution < -0.4 is 16.4 Å². The van der Waals surface area contributed by atoms with E-state index >= 15 is 0 Å². The minimum atomic E-state index is -0.902. The predicted octanol–water partition coefficient (Wildman–Crippen LogP) is 2.06. The number of carbonyl (C=O) groups is 2. The molecule has 0 aliphatic heterocycles. The maximum atomic E-state index is 11.7. The Morgan fingerprint density at radius 3 is 2.75 bits per heavy atom. The Labute approximate surface area is 126 Å². The summed E-state index contributed by atoms with van der Waals surface area (Å²) in [6.45, 7) is 0. The third kappa shape index (κ3) is 4.68. The largest absolute Gasteiger partial charge is 0.368 e. The third-order valence-electron chi connectivity index (χ3n) is 2.38. The van der Waals surface area contributed by atoms with Crippen LogP contribution in [0.5, 0.6) is 0 Å². The molecular weight excluding hydrogens is 298 g/mol. The average Bonchev–Trinajstić information content (AvgIpc) is 2.38. The second kappa shape index (κ2) is 7.68. The molecule has 0 aliphatic carbocycles. The zero-order chi connectivity index (χ0) is 15.1. The van der Waals surface area contributed by atoms with E-state index in [0.717, 1.165) is 4.90 Å². The summed E-state index contributed by atoms with van der Waals surface area (Å²) in [6, 6.07) is 3.64. The molecule has 0 aliphatic rings. The van der Waals surface area contributed by atoms with E-state index < -0.39 is 18.0 Å². The number of anilines is 1. The lowest BCUT2D eigenvalue weighted by molar-refractivity contribution is -0.119. The molecule has 1 atom stereocenters. The first kappa shape index (κ1) is 16.2. The number of benzene rings is 1. The summed E-state index contributed by atoms with van der Waals surface area (Å²) in [7, 11) is 0. The van der Waals surface area contributed by atoms with Crippen molar-refractivity contribution in [3.8, 4) is 12.3 Å². The van der Waals surface area contributed by atoms with E-state index in [4.69, 9.17) is 23.8 Å². The van der Waals surface area contributed by atoms with Gasteiger partial charge in [0.05, 0.1) is 5.02 Å². The highest BCUT2D eigenvalue weighted by atomic mass is 35.5. The first-order valence-electron chi connectivity index (χ1n) is 5.61. The van der Waals surface area contributed by atoms with Crippen molar-refractivity contribution in [2.24, 2.45) is 5.73 Å². The number of urea groups is 1. The van der Waals surface area contributed by atoms with Crippen LogP contribution in [-0.2, 0) is 4.79 Å². The maximum absolute atomic E-state index is 11.7. The lowest BCUT2D eigenvalue weighted by Crippen LogP contribution is -2.45. The van der Waals surface area contributed by atoms with Gasteiger partial charge in [-0.1, -0.05) is 11.6 Å². The van der Waals surface area contributed by atoms with Crippen molar-refractivity contribution in [1.29, 1.82) is 0 Å². The van der Waals surface area contributed by atoms with Crippen molar-refractivity contribution in [2.45, 2.75) is 17.4 Å². The number of primary amides is 1. The van der Waals surface area contributed by atoms with E-state index in [0.29, 0.717) is 10.7 Å². The second-order valence-corrected chi connectivity index (χ2v) is 5.07. The Hall–Kier alpha value is -1.84. The minimum Gasteiger partial charge on any atom is -0.368 e. The van der Waals surface area contributed by atoms with Gasteiger partial charge < -0.3 is 16.4 Å². The highest BCUT2D eigenvalue weighted by Crippen LogP contribution is 2.27. The summed E-state index contributed by atoms with van der Waals surface area (Å²) in [5.41, 5.74) is 5.63. The molecule has 5 nitrogen and oxygen atoms in total. The number of halogens is 1. The Kier molecular flexibility index (Phi) is 6.22. The van der Waals surface area contributed by atoms with Gasteiger partial charge in [-0.3, -0.25) is 4.79 Å². The molecular formula is C13H14ClN3O2S. The molecule has 1 aromatic rings. The molecule has 20 heavy (non-hydrogen) atoms. The van der Waals surface area contributed by atoms with Crippen molar-refractivity contribution >= 4 is 41.0 Å². The normalized spacial score (nSPS) is 11.2. The van der Waals surface area contributed by atoms with Gasteiger partial charge in [-0.2, -0.15) is 0 Å². The fraction of sp³-hybridized carbons (Fsp3) is 0.231. The number of nitrogens with two attached hydrogens (primary N) is 1. The monoisotopic (exact) mass is 311 g/mol. The number of hydrogen-bond donors (Lipinski definition) is 3. The van der Waals surface area contributed by atoms with E-state index in [1.165, 1.54) is 11.8 Å².